The molecule has 0 saturated heterocycles. The second-order valence-corrected chi connectivity index (χ2v) is 5.50. The van der Waals surface area contributed by atoms with E-state index in [2.05, 4.69) is 19.9 Å². The van der Waals surface area contributed by atoms with Crippen LogP contribution in [0.1, 0.15) is 55.1 Å². The lowest BCUT2D eigenvalue weighted by molar-refractivity contribution is 0.101. The van der Waals surface area contributed by atoms with Crippen LogP contribution in [0.3, 0.4) is 0 Å². The third-order valence-electron chi connectivity index (χ3n) is 3.78. The lowest BCUT2D eigenvalue weighted by Gasteiger charge is -2.33. The molecule has 0 spiro atoms. The molecule has 0 amide bonds. The quantitative estimate of drug-likeness (QED) is 0.729. The van der Waals surface area contributed by atoms with Gasteiger partial charge < -0.3 is 4.74 Å². The molecule has 0 aromatic heterocycles. The van der Waals surface area contributed by atoms with Crippen LogP contribution in [0.15, 0.2) is 12.1 Å². The smallest absolute Gasteiger partial charge is 0.163 e. The molecule has 2 rings (SSSR count). The van der Waals surface area contributed by atoms with Gasteiger partial charge in [-0.15, -0.1) is 0 Å². The highest BCUT2D eigenvalue weighted by Gasteiger charge is 2.29. The van der Waals surface area contributed by atoms with Crippen LogP contribution in [-0.4, -0.2) is 12.9 Å². The van der Waals surface area contributed by atoms with E-state index in [9.17, 15) is 4.79 Å². The van der Waals surface area contributed by atoms with Crippen molar-refractivity contribution in [3.63, 3.8) is 0 Å². The number of hydrogen-bond donors (Lipinski definition) is 0. The molecule has 17 heavy (non-hydrogen) atoms. The molecule has 2 nitrogen and oxygen atoms in total. The number of fused-ring (bicyclic) bond motifs is 1. The minimum atomic E-state index is 0.0769. The number of rotatable bonds is 2. The first kappa shape index (κ1) is 12.2. The van der Waals surface area contributed by atoms with Crippen LogP contribution in [0.2, 0.25) is 0 Å². The van der Waals surface area contributed by atoms with E-state index in [0.717, 1.165) is 6.42 Å². The highest BCUT2D eigenvalue weighted by Crippen LogP contribution is 2.39. The van der Waals surface area contributed by atoms with Crippen molar-refractivity contribution >= 4 is 5.78 Å². The summed E-state index contributed by atoms with van der Waals surface area (Å²) in [6, 6.07) is 4.09. The summed E-state index contributed by atoms with van der Waals surface area (Å²) in [7, 11) is 1.63. The third-order valence-corrected chi connectivity index (χ3v) is 3.78. The second-order valence-electron chi connectivity index (χ2n) is 5.50. The summed E-state index contributed by atoms with van der Waals surface area (Å²) in [5.74, 6) is 0.791. The largest absolute Gasteiger partial charge is 0.496 e. The van der Waals surface area contributed by atoms with Crippen molar-refractivity contribution in [2.45, 2.75) is 45.4 Å². The van der Waals surface area contributed by atoms with E-state index >= 15 is 0 Å². The highest BCUT2D eigenvalue weighted by molar-refractivity contribution is 5.97. The summed E-state index contributed by atoms with van der Waals surface area (Å²) < 4.78 is 5.35. The van der Waals surface area contributed by atoms with Gasteiger partial charge in [0.05, 0.1) is 12.7 Å². The molecular formula is C15H20O2. The van der Waals surface area contributed by atoms with Crippen LogP contribution >= 0.6 is 0 Å². The van der Waals surface area contributed by atoms with Gasteiger partial charge in [0.25, 0.3) is 0 Å². The lowest BCUT2D eigenvalue weighted by atomic mass is 9.72. The molecule has 0 bridgehead atoms. The lowest BCUT2D eigenvalue weighted by Crippen LogP contribution is -2.24. The molecule has 0 saturated carbocycles. The highest BCUT2D eigenvalue weighted by atomic mass is 16.5. The zero-order valence-corrected chi connectivity index (χ0v) is 11.1. The van der Waals surface area contributed by atoms with Gasteiger partial charge in [-0.25, -0.2) is 0 Å². The molecule has 0 atom stereocenters. The fourth-order valence-corrected chi connectivity index (χ4v) is 2.76. The minimum absolute atomic E-state index is 0.0769. The second kappa shape index (κ2) is 4.17. The predicted molar refractivity (Wildman–Crippen MR) is 69.0 cm³/mol. The van der Waals surface area contributed by atoms with E-state index in [-0.39, 0.29) is 11.2 Å². The van der Waals surface area contributed by atoms with Crippen molar-refractivity contribution < 1.29 is 9.53 Å². The van der Waals surface area contributed by atoms with Gasteiger partial charge in [0, 0.05) is 0 Å². The number of benzene rings is 1. The average molecular weight is 232 g/mol. The molecule has 0 aliphatic heterocycles. The van der Waals surface area contributed by atoms with Crippen LogP contribution in [0.25, 0.3) is 0 Å². The Kier molecular flexibility index (Phi) is 2.98. The number of aryl methyl sites for hydroxylation is 1. The maximum Gasteiger partial charge on any atom is 0.163 e. The van der Waals surface area contributed by atoms with Gasteiger partial charge in [0.2, 0.25) is 0 Å². The van der Waals surface area contributed by atoms with E-state index in [0.29, 0.717) is 11.3 Å². The van der Waals surface area contributed by atoms with E-state index in [1.807, 2.05) is 6.07 Å². The van der Waals surface area contributed by atoms with E-state index in [4.69, 9.17) is 4.74 Å². The molecule has 0 radical (unpaired) electrons. The zero-order valence-electron chi connectivity index (χ0n) is 11.1. The molecule has 92 valence electrons. The standard InChI is InChI=1S/C15H20O2/c1-10(16)12-8-11-6-5-7-15(2,3)13(11)9-14(12)17-4/h8-9H,5-7H2,1-4H3. The number of carbonyl (C=O) groups excluding carboxylic acids is 1. The normalized spacial score (nSPS) is 17.4. The summed E-state index contributed by atoms with van der Waals surface area (Å²) >= 11 is 0. The number of methoxy groups -OCH3 is 1. The summed E-state index contributed by atoms with van der Waals surface area (Å²) in [4.78, 5) is 11.6. The predicted octanol–water partition coefficient (Wildman–Crippen LogP) is 3.51. The van der Waals surface area contributed by atoms with Crippen LogP contribution < -0.4 is 4.74 Å². The molecule has 0 fully saturated rings. The molecular weight excluding hydrogens is 212 g/mol. The Bertz CT molecular complexity index is 458. The number of ether oxygens (including phenoxy) is 1. The van der Waals surface area contributed by atoms with E-state index in [1.165, 1.54) is 24.0 Å². The summed E-state index contributed by atoms with van der Waals surface area (Å²) in [6.07, 6.45) is 3.47. The van der Waals surface area contributed by atoms with Crippen molar-refractivity contribution in [1.82, 2.24) is 0 Å². The third kappa shape index (κ3) is 2.08. The van der Waals surface area contributed by atoms with Crippen molar-refractivity contribution in [3.8, 4) is 5.75 Å². The summed E-state index contributed by atoms with van der Waals surface area (Å²) in [6.45, 7) is 6.12. The fourth-order valence-electron chi connectivity index (χ4n) is 2.76. The van der Waals surface area contributed by atoms with Gasteiger partial charge in [0.1, 0.15) is 5.75 Å². The number of carbonyl (C=O) groups is 1. The zero-order chi connectivity index (χ0) is 12.6. The Morgan fingerprint density at radius 3 is 2.65 bits per heavy atom. The molecule has 1 aromatic rings. The first-order chi connectivity index (χ1) is 7.95. The fraction of sp³-hybridized carbons (Fsp3) is 0.533. The Labute approximate surface area is 103 Å². The van der Waals surface area contributed by atoms with Gasteiger partial charge in [-0.3, -0.25) is 4.79 Å². The van der Waals surface area contributed by atoms with Gasteiger partial charge in [-0.05, 0) is 54.9 Å². The SMILES string of the molecule is COc1cc2c(cc1C(C)=O)CCCC2(C)C. The maximum absolute atomic E-state index is 11.6. The van der Waals surface area contributed by atoms with Crippen LogP contribution in [-0.2, 0) is 11.8 Å². The Morgan fingerprint density at radius 1 is 1.35 bits per heavy atom. The Balaban J connectivity index is 2.61. The Morgan fingerprint density at radius 2 is 2.06 bits per heavy atom. The summed E-state index contributed by atoms with van der Waals surface area (Å²) in [5.41, 5.74) is 3.55. The van der Waals surface area contributed by atoms with Gasteiger partial charge >= 0.3 is 0 Å². The van der Waals surface area contributed by atoms with Crippen molar-refractivity contribution in [2.75, 3.05) is 7.11 Å². The Hall–Kier alpha value is -1.31. The topological polar surface area (TPSA) is 26.3 Å². The molecule has 1 aliphatic rings. The molecule has 0 N–H and O–H groups in total. The average Bonchev–Trinajstić information content (AvgIpc) is 2.27. The monoisotopic (exact) mass is 232 g/mol. The maximum atomic E-state index is 11.6. The first-order valence-electron chi connectivity index (χ1n) is 6.18. The molecule has 0 heterocycles. The van der Waals surface area contributed by atoms with Gasteiger partial charge in [-0.1, -0.05) is 13.8 Å². The molecule has 1 aliphatic carbocycles. The van der Waals surface area contributed by atoms with Crippen LogP contribution in [0, 0.1) is 0 Å². The van der Waals surface area contributed by atoms with Crippen molar-refractivity contribution in [1.29, 1.82) is 0 Å². The van der Waals surface area contributed by atoms with E-state index in [1.54, 1.807) is 14.0 Å². The first-order valence-corrected chi connectivity index (χ1v) is 6.18. The number of ketones is 1. The molecule has 1 aromatic carbocycles. The number of Topliss-reactive ketones (excluding diaryl/α,β-unsaturated/α-hetero) is 1. The van der Waals surface area contributed by atoms with E-state index < -0.39 is 0 Å². The summed E-state index contributed by atoms with van der Waals surface area (Å²) in [5, 5.41) is 0. The van der Waals surface area contributed by atoms with Crippen molar-refractivity contribution in [3.05, 3.63) is 28.8 Å². The molecule has 0 unspecified atom stereocenters. The van der Waals surface area contributed by atoms with Gasteiger partial charge in [0.15, 0.2) is 5.78 Å². The van der Waals surface area contributed by atoms with Crippen LogP contribution in [0.5, 0.6) is 5.75 Å². The minimum Gasteiger partial charge on any atom is -0.496 e. The number of hydrogen-bond acceptors (Lipinski definition) is 2. The van der Waals surface area contributed by atoms with Gasteiger partial charge in [-0.2, -0.15) is 0 Å². The van der Waals surface area contributed by atoms with Crippen LogP contribution in [0.4, 0.5) is 0 Å². The van der Waals surface area contributed by atoms with Crippen molar-refractivity contribution in [2.24, 2.45) is 0 Å². The molecule has 2 heteroatoms.